The van der Waals surface area contributed by atoms with Gasteiger partial charge in [-0.1, -0.05) is 13.8 Å². The van der Waals surface area contributed by atoms with Crippen LogP contribution in [0.4, 0.5) is 0 Å². The molecular formula is C11H23NO4S. The van der Waals surface area contributed by atoms with Gasteiger partial charge in [-0.15, -0.1) is 0 Å². The van der Waals surface area contributed by atoms with Gasteiger partial charge >= 0.3 is 5.97 Å². The molecule has 0 aromatic carbocycles. The molecule has 1 atom stereocenters. The average Bonchev–Trinajstić information content (AvgIpc) is 2.14. The Balaban J connectivity index is 4.33. The van der Waals surface area contributed by atoms with Gasteiger partial charge in [-0.3, -0.25) is 4.79 Å². The van der Waals surface area contributed by atoms with Crippen LogP contribution in [-0.4, -0.2) is 42.6 Å². The molecule has 0 bridgehead atoms. The molecule has 0 rings (SSSR count). The fourth-order valence-corrected chi connectivity index (χ4v) is 3.09. The monoisotopic (exact) mass is 265 g/mol. The zero-order valence-corrected chi connectivity index (χ0v) is 11.8. The van der Waals surface area contributed by atoms with Crippen molar-refractivity contribution in [2.24, 2.45) is 5.92 Å². The van der Waals surface area contributed by atoms with Crippen molar-refractivity contribution in [2.45, 2.75) is 46.1 Å². The van der Waals surface area contributed by atoms with Crippen LogP contribution < -0.4 is 0 Å². The maximum atomic E-state index is 11.9. The molecule has 0 heterocycles. The van der Waals surface area contributed by atoms with Gasteiger partial charge in [-0.25, -0.2) is 12.7 Å². The summed E-state index contributed by atoms with van der Waals surface area (Å²) >= 11 is 0. The highest BCUT2D eigenvalue weighted by molar-refractivity contribution is 7.89. The molecule has 17 heavy (non-hydrogen) atoms. The van der Waals surface area contributed by atoms with E-state index in [1.165, 1.54) is 4.31 Å². The largest absolute Gasteiger partial charge is 0.481 e. The van der Waals surface area contributed by atoms with Crippen LogP contribution in [0.25, 0.3) is 0 Å². The minimum absolute atomic E-state index is 0.0511. The van der Waals surface area contributed by atoms with Gasteiger partial charge < -0.3 is 5.11 Å². The molecule has 6 heteroatoms. The molecule has 0 aromatic rings. The Morgan fingerprint density at radius 2 is 1.82 bits per heavy atom. The molecule has 5 nitrogen and oxygen atoms in total. The summed E-state index contributed by atoms with van der Waals surface area (Å²) in [6.07, 6.45) is 0.858. The van der Waals surface area contributed by atoms with E-state index in [1.807, 2.05) is 20.8 Å². The number of rotatable bonds is 8. The maximum Gasteiger partial charge on any atom is 0.303 e. The molecule has 0 aliphatic heterocycles. The van der Waals surface area contributed by atoms with E-state index in [4.69, 9.17) is 5.11 Å². The maximum absolute atomic E-state index is 11.9. The van der Waals surface area contributed by atoms with Gasteiger partial charge in [-0.05, 0) is 25.7 Å². The van der Waals surface area contributed by atoms with Crippen molar-refractivity contribution in [3.8, 4) is 0 Å². The summed E-state index contributed by atoms with van der Waals surface area (Å²) in [5, 5.41) is 8.47. The second-order valence-electron chi connectivity index (χ2n) is 4.81. The molecular weight excluding hydrogens is 242 g/mol. The van der Waals surface area contributed by atoms with Gasteiger partial charge in [0.2, 0.25) is 10.0 Å². The van der Waals surface area contributed by atoms with Gasteiger partial charge in [0.05, 0.1) is 5.75 Å². The quantitative estimate of drug-likeness (QED) is 0.722. The molecule has 0 aliphatic carbocycles. The Hall–Kier alpha value is -0.620. The lowest BCUT2D eigenvalue weighted by atomic mass is 10.1. The van der Waals surface area contributed by atoms with Crippen molar-refractivity contribution in [3.63, 3.8) is 0 Å². The Bertz CT molecular complexity index is 337. The van der Waals surface area contributed by atoms with Gasteiger partial charge in [0.15, 0.2) is 0 Å². The molecule has 0 fully saturated rings. The fraction of sp³-hybridized carbons (Fsp3) is 0.909. The highest BCUT2D eigenvalue weighted by Gasteiger charge is 2.23. The third-order valence-electron chi connectivity index (χ3n) is 2.66. The minimum Gasteiger partial charge on any atom is -0.481 e. The highest BCUT2D eigenvalue weighted by Crippen LogP contribution is 2.14. The van der Waals surface area contributed by atoms with E-state index in [9.17, 15) is 13.2 Å². The second kappa shape index (κ2) is 6.96. The van der Waals surface area contributed by atoms with E-state index in [0.29, 0.717) is 5.92 Å². The van der Waals surface area contributed by atoms with E-state index in [1.54, 1.807) is 7.05 Å². The third kappa shape index (κ3) is 6.63. The predicted molar refractivity (Wildman–Crippen MR) is 67.3 cm³/mol. The number of aliphatic carboxylic acids is 1. The highest BCUT2D eigenvalue weighted by atomic mass is 32.2. The Labute approximate surface area is 104 Å². The lowest BCUT2D eigenvalue weighted by molar-refractivity contribution is -0.137. The molecule has 1 N–H and O–H groups in total. The first kappa shape index (κ1) is 16.4. The summed E-state index contributed by atoms with van der Waals surface area (Å²) in [6, 6.07) is -0.0511. The normalized spacial score (nSPS) is 14.2. The van der Waals surface area contributed by atoms with Crippen molar-refractivity contribution in [3.05, 3.63) is 0 Å². The van der Waals surface area contributed by atoms with Crippen LogP contribution in [0.15, 0.2) is 0 Å². The number of nitrogens with zero attached hydrogens (tertiary/aromatic N) is 1. The number of carbonyl (C=O) groups is 1. The van der Waals surface area contributed by atoms with Crippen molar-refractivity contribution >= 4 is 16.0 Å². The van der Waals surface area contributed by atoms with Crippen molar-refractivity contribution in [1.29, 1.82) is 0 Å². The Kier molecular flexibility index (Phi) is 6.70. The van der Waals surface area contributed by atoms with Gasteiger partial charge in [-0.2, -0.15) is 0 Å². The summed E-state index contributed by atoms with van der Waals surface area (Å²) in [5.74, 6) is -0.627. The van der Waals surface area contributed by atoms with Gasteiger partial charge in [0.1, 0.15) is 0 Å². The van der Waals surface area contributed by atoms with E-state index in [-0.39, 0.29) is 24.6 Å². The van der Waals surface area contributed by atoms with Crippen molar-refractivity contribution in [1.82, 2.24) is 4.31 Å². The lowest BCUT2D eigenvalue weighted by Gasteiger charge is -2.25. The molecule has 0 spiro atoms. The molecule has 0 aromatic heterocycles. The number of carboxylic acids is 1. The molecule has 0 radical (unpaired) electrons. The number of hydrogen-bond donors (Lipinski definition) is 1. The molecule has 0 aliphatic rings. The van der Waals surface area contributed by atoms with Crippen LogP contribution in [0.5, 0.6) is 0 Å². The second-order valence-corrected chi connectivity index (χ2v) is 6.96. The summed E-state index contributed by atoms with van der Waals surface area (Å²) in [6.45, 7) is 5.96. The SMILES string of the molecule is CC(C)CC(C)N(C)S(=O)(=O)CCCC(=O)O. The molecule has 1 unspecified atom stereocenters. The predicted octanol–water partition coefficient (Wildman–Crippen LogP) is 1.55. The summed E-state index contributed by atoms with van der Waals surface area (Å²) < 4.78 is 25.1. The van der Waals surface area contributed by atoms with Crippen LogP contribution in [0.1, 0.15) is 40.0 Å². The average molecular weight is 265 g/mol. The molecule has 0 saturated heterocycles. The summed E-state index contributed by atoms with van der Waals surface area (Å²) in [4.78, 5) is 10.3. The smallest absolute Gasteiger partial charge is 0.303 e. The van der Waals surface area contributed by atoms with Crippen molar-refractivity contribution in [2.75, 3.05) is 12.8 Å². The minimum atomic E-state index is -3.33. The zero-order valence-electron chi connectivity index (χ0n) is 11.0. The molecule has 102 valence electrons. The van der Waals surface area contributed by atoms with Crippen molar-refractivity contribution < 1.29 is 18.3 Å². The van der Waals surface area contributed by atoms with Crippen LogP contribution in [0.3, 0.4) is 0 Å². The topological polar surface area (TPSA) is 74.7 Å². The fourth-order valence-electron chi connectivity index (χ4n) is 1.65. The lowest BCUT2D eigenvalue weighted by Crippen LogP contribution is -2.37. The standard InChI is InChI=1S/C11H23NO4S/c1-9(2)8-10(3)12(4)17(15,16)7-5-6-11(13)14/h9-10H,5-8H2,1-4H3,(H,13,14). The van der Waals surface area contributed by atoms with Gasteiger partial charge in [0, 0.05) is 19.5 Å². The summed E-state index contributed by atoms with van der Waals surface area (Å²) in [5.41, 5.74) is 0. The number of sulfonamides is 1. The first-order valence-electron chi connectivity index (χ1n) is 5.84. The van der Waals surface area contributed by atoms with E-state index in [2.05, 4.69) is 0 Å². The van der Waals surface area contributed by atoms with E-state index in [0.717, 1.165) is 6.42 Å². The zero-order chi connectivity index (χ0) is 13.6. The molecule has 0 amide bonds. The number of carboxylic acid groups (broad SMARTS) is 1. The first-order chi connectivity index (χ1) is 7.66. The Morgan fingerprint density at radius 3 is 2.24 bits per heavy atom. The number of hydrogen-bond acceptors (Lipinski definition) is 3. The molecule has 0 saturated carbocycles. The van der Waals surface area contributed by atoms with Crippen LogP contribution in [0.2, 0.25) is 0 Å². The van der Waals surface area contributed by atoms with Crippen LogP contribution >= 0.6 is 0 Å². The van der Waals surface area contributed by atoms with Gasteiger partial charge in [0.25, 0.3) is 0 Å². The van der Waals surface area contributed by atoms with Crippen LogP contribution in [-0.2, 0) is 14.8 Å². The Morgan fingerprint density at radius 1 is 1.29 bits per heavy atom. The van der Waals surface area contributed by atoms with Crippen LogP contribution in [0, 0.1) is 5.92 Å². The van der Waals surface area contributed by atoms with E-state index >= 15 is 0 Å². The summed E-state index contributed by atoms with van der Waals surface area (Å²) in [7, 11) is -1.77. The van der Waals surface area contributed by atoms with E-state index < -0.39 is 16.0 Å². The third-order valence-corrected chi connectivity index (χ3v) is 4.71. The first-order valence-corrected chi connectivity index (χ1v) is 7.45.